The molecule has 0 aliphatic heterocycles. The monoisotopic (exact) mass is 249 g/mol. The third-order valence-corrected chi connectivity index (χ3v) is 3.05. The molecule has 1 amide bonds. The fraction of sp³-hybridized carbons (Fsp3) is 0.533. The van der Waals surface area contributed by atoms with Crippen molar-refractivity contribution in [3.8, 4) is 0 Å². The van der Waals surface area contributed by atoms with Gasteiger partial charge >= 0.3 is 0 Å². The fourth-order valence-electron chi connectivity index (χ4n) is 1.78. The van der Waals surface area contributed by atoms with Crippen LogP contribution in [0.25, 0.3) is 0 Å². The Labute approximate surface area is 109 Å². The number of aryl methyl sites for hydroxylation is 1. The predicted molar refractivity (Wildman–Crippen MR) is 73.3 cm³/mol. The van der Waals surface area contributed by atoms with Gasteiger partial charge in [0, 0.05) is 6.42 Å². The van der Waals surface area contributed by atoms with Gasteiger partial charge in [0.15, 0.2) is 0 Å². The molecule has 0 bridgehead atoms. The molecule has 0 saturated carbocycles. The van der Waals surface area contributed by atoms with E-state index in [2.05, 4.69) is 36.5 Å². The second-order valence-electron chi connectivity index (χ2n) is 4.77. The average molecular weight is 249 g/mol. The Bertz CT molecular complexity index is 371. The zero-order chi connectivity index (χ0) is 13.5. The summed E-state index contributed by atoms with van der Waals surface area (Å²) < 4.78 is 0. The molecule has 0 fully saturated rings. The van der Waals surface area contributed by atoms with E-state index in [0.29, 0.717) is 12.8 Å². The first-order chi connectivity index (χ1) is 8.52. The smallest absolute Gasteiger partial charge is 0.220 e. The molecule has 0 aromatic heterocycles. The summed E-state index contributed by atoms with van der Waals surface area (Å²) in [4.78, 5) is 11.6. The highest BCUT2D eigenvalue weighted by molar-refractivity contribution is 5.76. The summed E-state index contributed by atoms with van der Waals surface area (Å²) in [6.45, 7) is 5.79. The number of aliphatic hydroxyl groups excluding tert-OH is 1. The maximum absolute atomic E-state index is 11.6. The maximum Gasteiger partial charge on any atom is 0.220 e. The lowest BCUT2D eigenvalue weighted by molar-refractivity contribution is -0.122. The van der Waals surface area contributed by atoms with E-state index in [9.17, 15) is 4.79 Å². The van der Waals surface area contributed by atoms with E-state index in [0.717, 1.165) is 12.0 Å². The van der Waals surface area contributed by atoms with Crippen LogP contribution in [0.1, 0.15) is 50.8 Å². The van der Waals surface area contributed by atoms with Gasteiger partial charge in [-0.2, -0.15) is 0 Å². The van der Waals surface area contributed by atoms with Crippen molar-refractivity contribution in [3.63, 3.8) is 0 Å². The molecule has 0 spiro atoms. The highest BCUT2D eigenvalue weighted by Crippen LogP contribution is 2.14. The van der Waals surface area contributed by atoms with Crippen molar-refractivity contribution >= 4 is 5.91 Å². The van der Waals surface area contributed by atoms with Crippen LogP contribution in [-0.4, -0.2) is 17.1 Å². The number of carbonyl (C=O) groups is 1. The summed E-state index contributed by atoms with van der Waals surface area (Å²) >= 11 is 0. The van der Waals surface area contributed by atoms with Crippen LogP contribution >= 0.6 is 0 Å². The van der Waals surface area contributed by atoms with E-state index < -0.39 is 6.10 Å². The standard InChI is InChI=1S/C15H23NO2/c1-4-13-6-8-14(9-7-13)12(3)16-15(18)10-5-11(2)17/h6-9,11-12,17H,4-5,10H2,1-3H3,(H,16,18). The van der Waals surface area contributed by atoms with Gasteiger partial charge in [-0.15, -0.1) is 0 Å². The van der Waals surface area contributed by atoms with Gasteiger partial charge in [0.2, 0.25) is 5.91 Å². The Morgan fingerprint density at radius 2 is 1.89 bits per heavy atom. The highest BCUT2D eigenvalue weighted by atomic mass is 16.3. The topological polar surface area (TPSA) is 49.3 Å². The Hall–Kier alpha value is -1.35. The maximum atomic E-state index is 11.6. The van der Waals surface area contributed by atoms with Crippen molar-refractivity contribution in [2.45, 2.75) is 52.2 Å². The van der Waals surface area contributed by atoms with Crippen molar-refractivity contribution in [2.24, 2.45) is 0 Å². The number of hydrogen-bond donors (Lipinski definition) is 2. The van der Waals surface area contributed by atoms with E-state index in [1.54, 1.807) is 6.92 Å². The summed E-state index contributed by atoms with van der Waals surface area (Å²) in [5.41, 5.74) is 2.41. The molecule has 0 aliphatic carbocycles. The molecule has 1 aromatic rings. The lowest BCUT2D eigenvalue weighted by Crippen LogP contribution is -2.27. The predicted octanol–water partition coefficient (Wildman–Crippen LogP) is 2.59. The van der Waals surface area contributed by atoms with Crippen LogP contribution in [0.5, 0.6) is 0 Å². The van der Waals surface area contributed by atoms with E-state index in [-0.39, 0.29) is 11.9 Å². The number of carbonyl (C=O) groups excluding carboxylic acids is 1. The fourth-order valence-corrected chi connectivity index (χ4v) is 1.78. The molecule has 1 aromatic carbocycles. The second kappa shape index (κ2) is 7.17. The third-order valence-electron chi connectivity index (χ3n) is 3.05. The molecule has 2 N–H and O–H groups in total. The van der Waals surface area contributed by atoms with Crippen molar-refractivity contribution in [1.29, 1.82) is 0 Å². The summed E-state index contributed by atoms with van der Waals surface area (Å²) in [6, 6.07) is 8.30. The minimum absolute atomic E-state index is 0.0111. The van der Waals surface area contributed by atoms with Crippen LogP contribution in [0, 0.1) is 0 Å². The molecular formula is C15H23NO2. The summed E-state index contributed by atoms with van der Waals surface area (Å²) in [5, 5.41) is 12.1. The zero-order valence-electron chi connectivity index (χ0n) is 11.4. The Kier molecular flexibility index (Phi) is 5.86. The van der Waals surface area contributed by atoms with E-state index in [1.807, 2.05) is 6.92 Å². The zero-order valence-corrected chi connectivity index (χ0v) is 11.4. The van der Waals surface area contributed by atoms with Crippen molar-refractivity contribution < 1.29 is 9.90 Å². The van der Waals surface area contributed by atoms with Crippen LogP contribution in [0.15, 0.2) is 24.3 Å². The first-order valence-electron chi connectivity index (χ1n) is 6.59. The number of benzene rings is 1. The Morgan fingerprint density at radius 1 is 1.28 bits per heavy atom. The van der Waals surface area contributed by atoms with E-state index in [1.165, 1.54) is 5.56 Å². The number of amides is 1. The summed E-state index contributed by atoms with van der Waals surface area (Å²) in [6.07, 6.45) is 1.48. The SMILES string of the molecule is CCc1ccc(C(C)NC(=O)CCC(C)O)cc1. The second-order valence-corrected chi connectivity index (χ2v) is 4.77. The van der Waals surface area contributed by atoms with Gasteiger partial charge in [-0.05, 0) is 37.8 Å². The van der Waals surface area contributed by atoms with Gasteiger partial charge in [-0.3, -0.25) is 4.79 Å². The van der Waals surface area contributed by atoms with Crippen LogP contribution in [0.3, 0.4) is 0 Å². The summed E-state index contributed by atoms with van der Waals surface area (Å²) in [5.74, 6) is -0.0111. The molecule has 18 heavy (non-hydrogen) atoms. The molecule has 3 heteroatoms. The van der Waals surface area contributed by atoms with Crippen LogP contribution in [-0.2, 0) is 11.2 Å². The van der Waals surface area contributed by atoms with Gasteiger partial charge in [0.25, 0.3) is 0 Å². The number of hydrogen-bond acceptors (Lipinski definition) is 2. The van der Waals surface area contributed by atoms with Gasteiger partial charge in [0.1, 0.15) is 0 Å². The van der Waals surface area contributed by atoms with Gasteiger partial charge in [-0.1, -0.05) is 31.2 Å². The Balaban J connectivity index is 2.48. The van der Waals surface area contributed by atoms with Crippen molar-refractivity contribution in [2.75, 3.05) is 0 Å². The van der Waals surface area contributed by atoms with Crippen LogP contribution in [0.4, 0.5) is 0 Å². The first kappa shape index (κ1) is 14.7. The van der Waals surface area contributed by atoms with Crippen LogP contribution < -0.4 is 5.32 Å². The number of aliphatic hydroxyl groups is 1. The highest BCUT2D eigenvalue weighted by Gasteiger charge is 2.10. The van der Waals surface area contributed by atoms with Gasteiger partial charge < -0.3 is 10.4 Å². The minimum Gasteiger partial charge on any atom is -0.393 e. The van der Waals surface area contributed by atoms with Crippen LogP contribution in [0.2, 0.25) is 0 Å². The molecular weight excluding hydrogens is 226 g/mol. The average Bonchev–Trinajstić information content (AvgIpc) is 2.36. The molecule has 3 nitrogen and oxygen atoms in total. The van der Waals surface area contributed by atoms with Crippen molar-refractivity contribution in [1.82, 2.24) is 5.32 Å². The van der Waals surface area contributed by atoms with E-state index >= 15 is 0 Å². The molecule has 2 atom stereocenters. The molecule has 0 radical (unpaired) electrons. The normalized spacial score (nSPS) is 14.0. The lowest BCUT2D eigenvalue weighted by Gasteiger charge is -2.15. The van der Waals surface area contributed by atoms with Gasteiger partial charge in [-0.25, -0.2) is 0 Å². The quantitative estimate of drug-likeness (QED) is 0.814. The number of rotatable bonds is 6. The molecule has 0 aliphatic rings. The van der Waals surface area contributed by atoms with Crippen molar-refractivity contribution in [3.05, 3.63) is 35.4 Å². The molecule has 0 heterocycles. The minimum atomic E-state index is -0.421. The molecule has 0 saturated heterocycles. The van der Waals surface area contributed by atoms with Gasteiger partial charge in [0.05, 0.1) is 12.1 Å². The molecule has 2 unspecified atom stereocenters. The largest absolute Gasteiger partial charge is 0.393 e. The summed E-state index contributed by atoms with van der Waals surface area (Å²) in [7, 11) is 0. The van der Waals surface area contributed by atoms with E-state index in [4.69, 9.17) is 5.11 Å². The third kappa shape index (κ3) is 4.88. The molecule has 1 rings (SSSR count). The lowest BCUT2D eigenvalue weighted by atomic mass is 10.0. The first-order valence-corrected chi connectivity index (χ1v) is 6.59. The number of nitrogens with one attached hydrogen (secondary N) is 1. The Morgan fingerprint density at radius 3 is 2.39 bits per heavy atom. The molecule has 100 valence electrons.